The minimum Gasteiger partial charge on any atom is -0.432 e. The highest BCUT2D eigenvalue weighted by Gasteiger charge is 2.69. The van der Waals surface area contributed by atoms with Gasteiger partial charge in [0.15, 0.2) is 12.6 Å². The van der Waals surface area contributed by atoms with Gasteiger partial charge in [-0.3, -0.25) is 9.59 Å². The molecule has 3 aliphatic heterocycles. The lowest BCUT2D eigenvalue weighted by molar-refractivity contribution is -0.350. The van der Waals surface area contributed by atoms with Crippen molar-refractivity contribution in [3.05, 3.63) is 11.6 Å². The number of hydrogen-bond acceptors (Lipinski definition) is 19. The van der Waals surface area contributed by atoms with E-state index in [0.717, 1.165) is 12.8 Å². The number of Topliss-reactive ketones (excluding diaryl/α,β-unsaturated/α-hetero) is 1. The summed E-state index contributed by atoms with van der Waals surface area (Å²) in [5.74, 6) is -1.13. The third-order valence-corrected chi connectivity index (χ3v) is 18.3. The lowest BCUT2D eigenvalue weighted by Gasteiger charge is -2.71. The predicted octanol–water partition coefficient (Wildman–Crippen LogP) is -0.680. The maximum atomic E-state index is 14.5. The maximum absolute atomic E-state index is 14.5. The molecule has 4 aliphatic carbocycles. The van der Waals surface area contributed by atoms with Crippen molar-refractivity contribution in [3.63, 3.8) is 0 Å². The van der Waals surface area contributed by atoms with Crippen LogP contribution < -0.4 is 0 Å². The van der Waals surface area contributed by atoms with Gasteiger partial charge in [-0.05, 0) is 104 Å². The van der Waals surface area contributed by atoms with Crippen molar-refractivity contribution in [1.82, 2.24) is 0 Å². The average molecular weight is 945 g/mol. The molecule has 0 spiro atoms. The smallest absolute Gasteiger partial charge is 0.318 e. The van der Waals surface area contributed by atoms with E-state index in [0.29, 0.717) is 37.7 Å². The number of esters is 1. The van der Waals surface area contributed by atoms with E-state index in [4.69, 9.17) is 28.4 Å². The number of ether oxygens (including phenoxy) is 6. The van der Waals surface area contributed by atoms with Gasteiger partial charge in [-0.1, -0.05) is 47.6 Å². The van der Waals surface area contributed by atoms with Crippen LogP contribution in [-0.2, 0) is 38.0 Å². The quantitative estimate of drug-likeness (QED) is 0.0656. The Labute approximate surface area is 386 Å². The zero-order valence-electron chi connectivity index (χ0n) is 39.2. The fraction of sp³-hybridized carbons (Fsp3) is 0.915. The summed E-state index contributed by atoms with van der Waals surface area (Å²) in [6, 6.07) is 0. The molecule has 66 heavy (non-hydrogen) atoms. The average Bonchev–Trinajstić information content (AvgIpc) is 3.27. The summed E-state index contributed by atoms with van der Waals surface area (Å²) < 4.78 is 35.2. The first-order chi connectivity index (χ1) is 30.8. The highest BCUT2D eigenvalue weighted by atomic mass is 16.7. The van der Waals surface area contributed by atoms with Crippen LogP contribution in [0.3, 0.4) is 0 Å². The Morgan fingerprint density at radius 3 is 2.06 bits per heavy atom. The molecule has 3 saturated heterocycles. The number of aliphatic hydroxyl groups excluding tert-OH is 11. The van der Waals surface area contributed by atoms with Gasteiger partial charge in [0.25, 0.3) is 0 Å². The molecule has 11 N–H and O–H groups in total. The highest BCUT2D eigenvalue weighted by Crippen LogP contribution is 2.74. The third-order valence-electron chi connectivity index (χ3n) is 18.3. The van der Waals surface area contributed by atoms with E-state index in [1.807, 2.05) is 6.08 Å². The molecule has 19 nitrogen and oxygen atoms in total. The molecular formula is C47H76O19. The second kappa shape index (κ2) is 19.1. The Kier molecular flexibility index (Phi) is 15.1. The summed E-state index contributed by atoms with van der Waals surface area (Å²) in [7, 11) is 0. The molecule has 3 heterocycles. The van der Waals surface area contributed by atoms with Crippen molar-refractivity contribution in [2.24, 2.45) is 44.8 Å². The summed E-state index contributed by atoms with van der Waals surface area (Å²) >= 11 is 0. The fourth-order valence-corrected chi connectivity index (χ4v) is 13.7. The van der Waals surface area contributed by atoms with Gasteiger partial charge in [-0.25, -0.2) is 0 Å². The van der Waals surface area contributed by atoms with Crippen LogP contribution >= 0.6 is 0 Å². The molecule has 7 rings (SSSR count). The van der Waals surface area contributed by atoms with Crippen LogP contribution in [0.15, 0.2) is 11.6 Å². The molecule has 23 unspecified atom stereocenters. The molecule has 7 aliphatic rings. The van der Waals surface area contributed by atoms with E-state index >= 15 is 0 Å². The normalized spacial score (nSPS) is 50.8. The van der Waals surface area contributed by atoms with Crippen LogP contribution in [0, 0.1) is 44.8 Å². The summed E-state index contributed by atoms with van der Waals surface area (Å²) in [6.45, 7) is 12.6. The van der Waals surface area contributed by atoms with Crippen molar-refractivity contribution in [2.75, 3.05) is 19.8 Å². The van der Waals surface area contributed by atoms with Crippen LogP contribution in [-0.4, -0.2) is 186 Å². The van der Waals surface area contributed by atoms with Gasteiger partial charge in [0, 0.05) is 5.92 Å². The van der Waals surface area contributed by atoms with Crippen LogP contribution in [0.25, 0.3) is 0 Å². The molecule has 0 radical (unpaired) electrons. The number of hydrogen-bond donors (Lipinski definition) is 11. The molecule has 0 aromatic heterocycles. The minimum atomic E-state index is -1.81. The summed E-state index contributed by atoms with van der Waals surface area (Å²) in [5.41, 5.74) is -2.41. The molecular weight excluding hydrogens is 868 g/mol. The first-order valence-electron chi connectivity index (χ1n) is 23.8. The van der Waals surface area contributed by atoms with Gasteiger partial charge in [0.1, 0.15) is 72.9 Å². The number of aliphatic hydroxyl groups is 11. The Hall–Kier alpha value is -1.76. The van der Waals surface area contributed by atoms with Crippen molar-refractivity contribution < 1.29 is 94.2 Å². The molecule has 0 bridgehead atoms. The molecule has 378 valence electrons. The van der Waals surface area contributed by atoms with Crippen LogP contribution in [0.1, 0.15) is 106 Å². The molecule has 6 fully saturated rings. The van der Waals surface area contributed by atoms with Crippen molar-refractivity contribution in [1.29, 1.82) is 0 Å². The zero-order valence-corrected chi connectivity index (χ0v) is 39.2. The fourth-order valence-electron chi connectivity index (χ4n) is 13.7. The van der Waals surface area contributed by atoms with Gasteiger partial charge in [-0.2, -0.15) is 0 Å². The summed E-state index contributed by atoms with van der Waals surface area (Å²) in [4.78, 5) is 26.9. The summed E-state index contributed by atoms with van der Waals surface area (Å²) in [6.07, 6.45) is -16.9. The third kappa shape index (κ3) is 8.65. The highest BCUT2D eigenvalue weighted by molar-refractivity contribution is 5.81. The molecule has 3 saturated carbocycles. The van der Waals surface area contributed by atoms with Crippen LogP contribution in [0.4, 0.5) is 0 Å². The summed E-state index contributed by atoms with van der Waals surface area (Å²) in [5, 5.41) is 117. The maximum Gasteiger partial charge on any atom is 0.318 e. The lowest BCUT2D eigenvalue weighted by atomic mass is 9.34. The number of carbonyl (C=O) groups excluding carboxylic acids is 2. The van der Waals surface area contributed by atoms with E-state index in [2.05, 4.69) is 34.6 Å². The van der Waals surface area contributed by atoms with Gasteiger partial charge in [-0.15, -0.1) is 0 Å². The Bertz CT molecular complexity index is 1780. The van der Waals surface area contributed by atoms with E-state index in [9.17, 15) is 65.8 Å². The molecule has 0 aromatic rings. The van der Waals surface area contributed by atoms with E-state index in [1.165, 1.54) is 6.92 Å². The first kappa shape index (κ1) is 52.1. The van der Waals surface area contributed by atoms with E-state index < -0.39 is 134 Å². The molecule has 23 atom stereocenters. The van der Waals surface area contributed by atoms with Gasteiger partial charge in [0.2, 0.25) is 6.29 Å². The number of ketones is 1. The van der Waals surface area contributed by atoms with Crippen molar-refractivity contribution in [3.8, 4) is 0 Å². The standard InChI is InChI=1S/C47H76O19/c1-21(22(2)50)8-13-47(42(60)66-40-35(57)34(56)32(54)26(18-48)63-40)15-14-45(6)23(17-47)24(51)16-29-44(5)11-10-30(43(3,4)28(44)9-12-46(29,45)7)64-41-38(31(53)25(52)20-61-41)65-37-33(55)27(19-49)62-39(59)36(37)58/h17,21,24-41,48-49,51-59H,8-16,18-20H2,1-7H3. The topological polar surface area (TPSA) is 312 Å². The second-order valence-electron chi connectivity index (χ2n) is 22.1. The Morgan fingerprint density at radius 1 is 0.742 bits per heavy atom. The number of rotatable bonds is 12. The van der Waals surface area contributed by atoms with Gasteiger partial charge < -0.3 is 84.6 Å². The monoisotopic (exact) mass is 944 g/mol. The van der Waals surface area contributed by atoms with E-state index in [-0.39, 0.29) is 53.8 Å². The zero-order chi connectivity index (χ0) is 48.6. The number of carbonyl (C=O) groups is 2. The molecule has 0 amide bonds. The van der Waals surface area contributed by atoms with E-state index in [1.54, 1.807) is 6.92 Å². The Balaban J connectivity index is 1.13. The van der Waals surface area contributed by atoms with Gasteiger partial charge >= 0.3 is 5.97 Å². The lowest BCUT2D eigenvalue weighted by Crippen LogP contribution is -2.67. The molecule has 19 heteroatoms. The predicted molar refractivity (Wildman–Crippen MR) is 228 cm³/mol. The van der Waals surface area contributed by atoms with Gasteiger partial charge in [0.05, 0.1) is 37.4 Å². The van der Waals surface area contributed by atoms with Crippen LogP contribution in [0.5, 0.6) is 0 Å². The minimum absolute atomic E-state index is 0.00815. The van der Waals surface area contributed by atoms with Crippen LogP contribution in [0.2, 0.25) is 0 Å². The first-order valence-corrected chi connectivity index (χ1v) is 23.8. The van der Waals surface area contributed by atoms with Crippen molar-refractivity contribution >= 4 is 11.8 Å². The molecule has 0 aromatic carbocycles. The SMILES string of the molecule is CC(=O)C(C)CCC1(C(=O)OC2OC(CO)C(O)C(O)C2O)C=C2C(O)CC3C4(C)CCC(OC5OCC(O)C(O)C5OC5C(O)C(O)OC(CO)C5O)C(C)(C)C4CCC3(C)C2(C)CC1. The largest absolute Gasteiger partial charge is 0.432 e. The second-order valence-corrected chi connectivity index (χ2v) is 22.1. The number of fused-ring (bicyclic) bond motifs is 5. The van der Waals surface area contributed by atoms with Crippen molar-refractivity contribution in [2.45, 2.75) is 204 Å². The Morgan fingerprint density at radius 2 is 1.41 bits per heavy atom.